The summed E-state index contributed by atoms with van der Waals surface area (Å²) in [6, 6.07) is 8.33. The van der Waals surface area contributed by atoms with Crippen LogP contribution in [0.2, 0.25) is 0 Å². The van der Waals surface area contributed by atoms with Gasteiger partial charge in [-0.05, 0) is 30.1 Å². The topological polar surface area (TPSA) is 36.4 Å². The van der Waals surface area contributed by atoms with Crippen LogP contribution in [0.5, 0.6) is 0 Å². The van der Waals surface area contributed by atoms with Gasteiger partial charge in [0.15, 0.2) is 0 Å². The molecule has 2 heterocycles. The lowest BCUT2D eigenvalue weighted by Crippen LogP contribution is -2.20. The molecule has 0 amide bonds. The number of aliphatic hydroxyl groups excluding tert-OH is 1. The quantitative estimate of drug-likeness (QED) is 0.864. The second-order valence-electron chi connectivity index (χ2n) is 4.29. The average molecular weight is 234 g/mol. The van der Waals surface area contributed by atoms with Gasteiger partial charge in [0.2, 0.25) is 0 Å². The molecule has 1 aromatic carbocycles. The van der Waals surface area contributed by atoms with Crippen molar-refractivity contribution in [1.82, 2.24) is 4.37 Å². The van der Waals surface area contributed by atoms with Crippen LogP contribution in [0.4, 0.5) is 5.82 Å². The summed E-state index contributed by atoms with van der Waals surface area (Å²) >= 11 is 1.56. The van der Waals surface area contributed by atoms with Crippen LogP contribution >= 0.6 is 11.5 Å². The van der Waals surface area contributed by atoms with Crippen molar-refractivity contribution in [3.8, 4) is 0 Å². The van der Waals surface area contributed by atoms with E-state index >= 15 is 0 Å². The van der Waals surface area contributed by atoms with E-state index in [-0.39, 0.29) is 0 Å². The molecule has 0 bridgehead atoms. The van der Waals surface area contributed by atoms with E-state index in [4.69, 9.17) is 5.11 Å². The van der Waals surface area contributed by atoms with Crippen molar-refractivity contribution in [2.45, 2.75) is 6.42 Å². The number of aliphatic hydroxyl groups is 1. The molecule has 2 aromatic rings. The van der Waals surface area contributed by atoms with Gasteiger partial charge < -0.3 is 10.0 Å². The van der Waals surface area contributed by atoms with Crippen LogP contribution in [0.3, 0.4) is 0 Å². The number of aromatic nitrogens is 1. The Morgan fingerprint density at radius 2 is 2.31 bits per heavy atom. The maximum absolute atomic E-state index is 9.15. The van der Waals surface area contributed by atoms with E-state index in [1.165, 1.54) is 10.1 Å². The highest BCUT2D eigenvalue weighted by molar-refractivity contribution is 7.13. The lowest BCUT2D eigenvalue weighted by atomic mass is 10.1. The third kappa shape index (κ3) is 1.58. The number of hydrogen-bond acceptors (Lipinski definition) is 4. The Labute approximate surface area is 98.5 Å². The molecule has 84 valence electrons. The highest BCUT2D eigenvalue weighted by atomic mass is 32.1. The van der Waals surface area contributed by atoms with Crippen molar-refractivity contribution in [2.24, 2.45) is 5.92 Å². The Kier molecular flexibility index (Phi) is 2.53. The summed E-state index contributed by atoms with van der Waals surface area (Å²) < 4.78 is 5.77. The second-order valence-corrected chi connectivity index (χ2v) is 5.09. The Balaban J connectivity index is 1.95. The molecule has 0 aliphatic carbocycles. The summed E-state index contributed by atoms with van der Waals surface area (Å²) in [6.45, 7) is 2.24. The molecule has 0 unspecified atom stereocenters. The molecule has 1 N–H and O–H groups in total. The van der Waals surface area contributed by atoms with Crippen molar-refractivity contribution < 1.29 is 5.11 Å². The molecule has 1 aliphatic rings. The summed E-state index contributed by atoms with van der Waals surface area (Å²) in [7, 11) is 0. The first kappa shape index (κ1) is 10.1. The molecule has 3 rings (SSSR count). The van der Waals surface area contributed by atoms with Gasteiger partial charge >= 0.3 is 0 Å². The number of benzene rings is 1. The largest absolute Gasteiger partial charge is 0.396 e. The minimum atomic E-state index is 0.290. The Bertz CT molecular complexity index is 496. The summed E-state index contributed by atoms with van der Waals surface area (Å²) in [6.07, 6.45) is 1.07. The molecule has 0 spiro atoms. The SMILES string of the molecule is OC[C@@H]1CCN(c2nsc3ccccc23)C1. The lowest BCUT2D eigenvalue weighted by molar-refractivity contribution is 0.238. The van der Waals surface area contributed by atoms with Crippen LogP contribution in [0, 0.1) is 5.92 Å². The van der Waals surface area contributed by atoms with Crippen LogP contribution in [0.1, 0.15) is 6.42 Å². The lowest BCUT2D eigenvalue weighted by Gasteiger charge is -2.15. The van der Waals surface area contributed by atoms with E-state index in [1.54, 1.807) is 11.5 Å². The zero-order valence-corrected chi connectivity index (χ0v) is 9.78. The molecule has 1 aliphatic heterocycles. The van der Waals surface area contributed by atoms with E-state index in [9.17, 15) is 0 Å². The van der Waals surface area contributed by atoms with Gasteiger partial charge in [-0.1, -0.05) is 12.1 Å². The smallest absolute Gasteiger partial charge is 0.150 e. The zero-order chi connectivity index (χ0) is 11.0. The highest BCUT2D eigenvalue weighted by Crippen LogP contribution is 2.32. The van der Waals surface area contributed by atoms with Gasteiger partial charge in [0.05, 0.1) is 4.70 Å². The third-order valence-corrected chi connectivity index (χ3v) is 4.02. The standard InChI is InChI=1S/C12H14N2OS/c15-8-9-5-6-14(7-9)12-10-3-1-2-4-11(10)16-13-12/h1-4,9,15H,5-8H2/t9-/m1/s1. The predicted octanol–water partition coefficient (Wildman–Crippen LogP) is 2.11. The number of anilines is 1. The Morgan fingerprint density at radius 1 is 1.44 bits per heavy atom. The summed E-state index contributed by atoms with van der Waals surface area (Å²) in [5.41, 5.74) is 0. The minimum absolute atomic E-state index is 0.290. The molecule has 1 saturated heterocycles. The molecule has 0 radical (unpaired) electrons. The minimum Gasteiger partial charge on any atom is -0.396 e. The summed E-state index contributed by atoms with van der Waals surface area (Å²) in [5.74, 6) is 1.51. The second kappa shape index (κ2) is 4.03. The first-order chi connectivity index (χ1) is 7.88. The molecule has 0 saturated carbocycles. The van der Waals surface area contributed by atoms with Crippen molar-refractivity contribution in [1.29, 1.82) is 0 Å². The number of fused-ring (bicyclic) bond motifs is 1. The normalized spacial score (nSPS) is 20.8. The van der Waals surface area contributed by atoms with E-state index < -0.39 is 0 Å². The maximum Gasteiger partial charge on any atom is 0.150 e. The molecule has 1 aromatic heterocycles. The average Bonchev–Trinajstić information content (AvgIpc) is 2.94. The van der Waals surface area contributed by atoms with Gasteiger partial charge in [-0.15, -0.1) is 0 Å². The molecule has 3 nitrogen and oxygen atoms in total. The molecule has 1 fully saturated rings. The van der Waals surface area contributed by atoms with Crippen LogP contribution in [0.25, 0.3) is 10.1 Å². The number of rotatable bonds is 2. The molecular formula is C12H14N2OS. The van der Waals surface area contributed by atoms with Crippen LogP contribution in [0.15, 0.2) is 24.3 Å². The number of nitrogens with zero attached hydrogens (tertiary/aromatic N) is 2. The first-order valence-electron chi connectivity index (χ1n) is 5.58. The fraction of sp³-hybridized carbons (Fsp3) is 0.417. The van der Waals surface area contributed by atoms with Crippen LogP contribution in [-0.2, 0) is 0 Å². The zero-order valence-electron chi connectivity index (χ0n) is 8.97. The van der Waals surface area contributed by atoms with Gasteiger partial charge in [0.1, 0.15) is 5.82 Å². The van der Waals surface area contributed by atoms with Crippen molar-refractivity contribution in [3.63, 3.8) is 0 Å². The van der Waals surface area contributed by atoms with E-state index in [2.05, 4.69) is 27.5 Å². The Hall–Kier alpha value is -1.13. The predicted molar refractivity (Wildman–Crippen MR) is 67.0 cm³/mol. The fourth-order valence-corrected chi connectivity index (χ4v) is 3.07. The van der Waals surface area contributed by atoms with Crippen molar-refractivity contribution in [3.05, 3.63) is 24.3 Å². The third-order valence-electron chi connectivity index (χ3n) is 3.20. The Morgan fingerprint density at radius 3 is 3.12 bits per heavy atom. The molecular weight excluding hydrogens is 220 g/mol. The van der Waals surface area contributed by atoms with Crippen molar-refractivity contribution in [2.75, 3.05) is 24.6 Å². The number of hydrogen-bond donors (Lipinski definition) is 1. The van der Waals surface area contributed by atoms with Gasteiger partial charge in [-0.25, -0.2) is 0 Å². The first-order valence-corrected chi connectivity index (χ1v) is 6.36. The van der Waals surface area contributed by atoms with Gasteiger partial charge in [-0.2, -0.15) is 4.37 Å². The van der Waals surface area contributed by atoms with E-state index in [0.29, 0.717) is 12.5 Å². The monoisotopic (exact) mass is 234 g/mol. The van der Waals surface area contributed by atoms with Gasteiger partial charge in [0, 0.05) is 31.0 Å². The van der Waals surface area contributed by atoms with E-state index in [1.807, 2.05) is 6.07 Å². The molecule has 1 atom stereocenters. The molecule has 4 heteroatoms. The van der Waals surface area contributed by atoms with Crippen molar-refractivity contribution >= 4 is 27.4 Å². The maximum atomic E-state index is 9.15. The van der Waals surface area contributed by atoms with Crippen LogP contribution < -0.4 is 4.90 Å². The molecule has 16 heavy (non-hydrogen) atoms. The van der Waals surface area contributed by atoms with Gasteiger partial charge in [0.25, 0.3) is 0 Å². The van der Waals surface area contributed by atoms with Crippen LogP contribution in [-0.4, -0.2) is 29.2 Å². The highest BCUT2D eigenvalue weighted by Gasteiger charge is 2.24. The van der Waals surface area contributed by atoms with E-state index in [0.717, 1.165) is 25.3 Å². The fourth-order valence-electron chi connectivity index (χ4n) is 2.27. The van der Waals surface area contributed by atoms with Gasteiger partial charge in [-0.3, -0.25) is 0 Å². The summed E-state index contributed by atoms with van der Waals surface area (Å²) in [4.78, 5) is 2.29. The summed E-state index contributed by atoms with van der Waals surface area (Å²) in [5, 5.41) is 10.4.